The fraction of sp³-hybridized carbons (Fsp3) is 0.318. The zero-order valence-corrected chi connectivity index (χ0v) is 19.4. The second-order valence-electron chi connectivity index (χ2n) is 7.15. The van der Waals surface area contributed by atoms with E-state index in [0.717, 1.165) is 13.1 Å². The van der Waals surface area contributed by atoms with Crippen LogP contribution in [0.15, 0.2) is 46.5 Å². The Morgan fingerprint density at radius 2 is 2.16 bits per heavy atom. The number of nitrogens with zero attached hydrogens (tertiary/aromatic N) is 2. The van der Waals surface area contributed by atoms with Crippen LogP contribution in [0.3, 0.4) is 0 Å². The highest BCUT2D eigenvalue weighted by atomic mass is 79.9. The van der Waals surface area contributed by atoms with Crippen molar-refractivity contribution in [3.63, 3.8) is 0 Å². The monoisotopic (exact) mass is 510 g/mol. The lowest BCUT2D eigenvalue weighted by Gasteiger charge is -2.30. The summed E-state index contributed by atoms with van der Waals surface area (Å²) < 4.78 is 45.3. The topological polar surface area (TPSA) is 81.3 Å². The highest BCUT2D eigenvalue weighted by Crippen LogP contribution is 2.35. The molecule has 1 heterocycles. The number of nitrogens with one attached hydrogen (secondary N) is 1. The standard InChI is InChI=1S/C22H25BrF2N4O3/c1-4-27-17-10-19(32-12-13-11-29(2)7-8-31-13)18(30-3)9-14(17)22(26)28-16-6-5-15(23)20(24)21(16)25/h4-6,9-10,13,27H,1,7-8,11-12H2,2-3H3,(H2,26,28). The molecule has 3 N–H and O–H groups in total. The van der Waals surface area contributed by atoms with Crippen molar-refractivity contribution in [1.29, 1.82) is 0 Å². The first-order valence-corrected chi connectivity index (χ1v) is 10.6. The summed E-state index contributed by atoms with van der Waals surface area (Å²) in [7, 11) is 3.52. The number of ether oxygens (including phenoxy) is 3. The van der Waals surface area contributed by atoms with Gasteiger partial charge in [-0.2, -0.15) is 0 Å². The molecule has 0 spiro atoms. The molecular weight excluding hydrogens is 486 g/mol. The molecule has 0 aliphatic carbocycles. The van der Waals surface area contributed by atoms with Crippen molar-refractivity contribution in [2.45, 2.75) is 6.10 Å². The van der Waals surface area contributed by atoms with Gasteiger partial charge in [-0.05, 0) is 47.4 Å². The van der Waals surface area contributed by atoms with Crippen LogP contribution in [-0.2, 0) is 4.74 Å². The zero-order valence-electron chi connectivity index (χ0n) is 17.8. The van der Waals surface area contributed by atoms with E-state index < -0.39 is 11.6 Å². The van der Waals surface area contributed by atoms with Crippen LogP contribution in [0.2, 0.25) is 0 Å². The third-order valence-corrected chi connectivity index (χ3v) is 5.47. The maximum atomic E-state index is 14.2. The number of halogens is 3. The summed E-state index contributed by atoms with van der Waals surface area (Å²) in [5.41, 5.74) is 6.84. The molecule has 0 radical (unpaired) electrons. The minimum Gasteiger partial charge on any atom is -0.493 e. The number of hydrogen-bond donors (Lipinski definition) is 2. The fourth-order valence-electron chi connectivity index (χ4n) is 3.22. The zero-order chi connectivity index (χ0) is 23.3. The van der Waals surface area contributed by atoms with E-state index in [1.54, 1.807) is 12.1 Å². The predicted octanol–water partition coefficient (Wildman–Crippen LogP) is 4.04. The highest BCUT2D eigenvalue weighted by molar-refractivity contribution is 9.10. The van der Waals surface area contributed by atoms with Crippen LogP contribution in [0.4, 0.5) is 20.2 Å². The van der Waals surface area contributed by atoms with E-state index in [2.05, 4.69) is 37.7 Å². The first-order valence-electron chi connectivity index (χ1n) is 9.84. The van der Waals surface area contributed by atoms with Crippen molar-refractivity contribution in [2.75, 3.05) is 45.8 Å². The van der Waals surface area contributed by atoms with Crippen LogP contribution in [0.1, 0.15) is 5.56 Å². The summed E-state index contributed by atoms with van der Waals surface area (Å²) in [4.78, 5) is 6.24. The van der Waals surface area contributed by atoms with Crippen LogP contribution in [0, 0.1) is 11.6 Å². The van der Waals surface area contributed by atoms with Crippen LogP contribution in [-0.4, -0.2) is 57.3 Å². The van der Waals surface area contributed by atoms with Gasteiger partial charge in [-0.1, -0.05) is 6.58 Å². The summed E-state index contributed by atoms with van der Waals surface area (Å²) in [6, 6.07) is 5.98. The molecule has 172 valence electrons. The molecule has 1 aliphatic rings. The summed E-state index contributed by atoms with van der Waals surface area (Å²) in [5, 5.41) is 2.97. The maximum Gasteiger partial charge on any atom is 0.185 e. The third kappa shape index (κ3) is 5.56. The van der Waals surface area contributed by atoms with Gasteiger partial charge in [-0.3, -0.25) is 0 Å². The third-order valence-electron chi connectivity index (χ3n) is 4.86. The highest BCUT2D eigenvalue weighted by Gasteiger charge is 2.21. The van der Waals surface area contributed by atoms with Gasteiger partial charge in [0.05, 0.1) is 23.9 Å². The first-order chi connectivity index (χ1) is 15.3. The predicted molar refractivity (Wildman–Crippen MR) is 124 cm³/mol. The molecule has 7 nitrogen and oxygen atoms in total. The minimum absolute atomic E-state index is 0.00200. The molecule has 3 rings (SSSR count). The summed E-state index contributed by atoms with van der Waals surface area (Å²) >= 11 is 2.94. The summed E-state index contributed by atoms with van der Waals surface area (Å²) in [6.07, 6.45) is 1.39. The largest absolute Gasteiger partial charge is 0.493 e. The number of likely N-dealkylation sites (N-methyl/N-ethyl adjacent to an activating group) is 1. The number of morpholine rings is 1. The smallest absolute Gasteiger partial charge is 0.185 e. The Labute approximate surface area is 194 Å². The number of anilines is 1. The number of amidine groups is 1. The summed E-state index contributed by atoms with van der Waals surface area (Å²) in [6.45, 7) is 6.28. The van der Waals surface area contributed by atoms with Crippen molar-refractivity contribution in [3.8, 4) is 11.5 Å². The fourth-order valence-corrected chi connectivity index (χ4v) is 3.52. The van der Waals surface area contributed by atoms with E-state index >= 15 is 0 Å². The van der Waals surface area contributed by atoms with Crippen molar-refractivity contribution in [2.24, 2.45) is 10.7 Å². The van der Waals surface area contributed by atoms with Crippen LogP contribution in [0.25, 0.3) is 0 Å². The van der Waals surface area contributed by atoms with Crippen molar-refractivity contribution in [1.82, 2.24) is 4.90 Å². The Hall–Kier alpha value is -2.69. The number of hydrogen-bond acceptors (Lipinski definition) is 6. The second kappa shape index (κ2) is 10.8. The van der Waals surface area contributed by atoms with Crippen LogP contribution < -0.4 is 20.5 Å². The number of benzene rings is 2. The van der Waals surface area contributed by atoms with Gasteiger partial charge in [0.15, 0.2) is 23.1 Å². The molecule has 2 aromatic carbocycles. The normalized spacial score (nSPS) is 17.2. The Morgan fingerprint density at radius 3 is 2.84 bits per heavy atom. The molecule has 0 saturated carbocycles. The van der Waals surface area contributed by atoms with E-state index in [1.165, 1.54) is 25.4 Å². The molecule has 32 heavy (non-hydrogen) atoms. The van der Waals surface area contributed by atoms with E-state index in [9.17, 15) is 8.78 Å². The minimum atomic E-state index is -1.11. The van der Waals surface area contributed by atoms with E-state index in [-0.39, 0.29) is 22.1 Å². The van der Waals surface area contributed by atoms with Gasteiger partial charge < -0.3 is 30.2 Å². The molecule has 2 aromatic rings. The lowest BCUT2D eigenvalue weighted by atomic mass is 10.1. The summed E-state index contributed by atoms with van der Waals surface area (Å²) in [5.74, 6) is -1.33. The molecule has 1 unspecified atom stereocenters. The van der Waals surface area contributed by atoms with Gasteiger partial charge >= 0.3 is 0 Å². The number of rotatable bonds is 8. The Kier molecular flexibility index (Phi) is 8.05. The average molecular weight is 511 g/mol. The lowest BCUT2D eigenvalue weighted by molar-refractivity contribution is -0.0406. The van der Waals surface area contributed by atoms with Crippen molar-refractivity contribution in [3.05, 3.63) is 58.7 Å². The lowest BCUT2D eigenvalue weighted by Crippen LogP contribution is -2.42. The average Bonchev–Trinajstić information content (AvgIpc) is 2.78. The SMILES string of the molecule is C=CNc1cc(OCC2CN(C)CCO2)c(OC)cc1C(N)=Nc1ccc(Br)c(F)c1F. The van der Waals surface area contributed by atoms with Crippen LogP contribution in [0.5, 0.6) is 11.5 Å². The maximum absolute atomic E-state index is 14.2. The number of methoxy groups -OCH3 is 1. The van der Waals surface area contributed by atoms with E-state index in [4.69, 9.17) is 19.9 Å². The van der Waals surface area contributed by atoms with Crippen molar-refractivity contribution >= 4 is 33.1 Å². The van der Waals surface area contributed by atoms with E-state index in [1.807, 2.05) is 7.05 Å². The molecule has 10 heteroatoms. The van der Waals surface area contributed by atoms with Gasteiger partial charge in [-0.15, -0.1) is 0 Å². The Balaban J connectivity index is 1.92. The van der Waals surface area contributed by atoms with Gasteiger partial charge in [0.2, 0.25) is 0 Å². The molecule has 1 atom stereocenters. The quantitative estimate of drug-likeness (QED) is 0.317. The van der Waals surface area contributed by atoms with Crippen molar-refractivity contribution < 1.29 is 23.0 Å². The van der Waals surface area contributed by atoms with Gasteiger partial charge in [0, 0.05) is 24.7 Å². The molecule has 0 amide bonds. The Bertz CT molecular complexity index is 1020. The number of aliphatic imine (C=N–C) groups is 1. The molecule has 0 bridgehead atoms. The molecule has 1 aliphatic heterocycles. The van der Waals surface area contributed by atoms with Gasteiger partial charge in [-0.25, -0.2) is 13.8 Å². The number of nitrogens with two attached hydrogens (primary N) is 1. The first kappa shape index (κ1) is 24.0. The molecule has 0 aromatic heterocycles. The Morgan fingerprint density at radius 1 is 1.38 bits per heavy atom. The van der Waals surface area contributed by atoms with Gasteiger partial charge in [0.1, 0.15) is 24.2 Å². The molecule has 1 fully saturated rings. The van der Waals surface area contributed by atoms with Crippen LogP contribution >= 0.6 is 15.9 Å². The van der Waals surface area contributed by atoms with Gasteiger partial charge in [0.25, 0.3) is 0 Å². The molecular formula is C22H25BrF2N4O3. The second-order valence-corrected chi connectivity index (χ2v) is 8.01. The van der Waals surface area contributed by atoms with E-state index in [0.29, 0.717) is 36.0 Å². The molecule has 1 saturated heterocycles.